The average molecular weight is 869 g/mol. The SMILES string of the molecule is c1ccc(-c2cc3ccccc3cc2-c2c3ccc(N4c5ccccc5Oc5ccccc54)cc3c(-c3ccc4ccccc4c3)c3ccc(N4c5ccccc5Oc5ccccc54)cc23)cc1. The van der Waals surface area contributed by atoms with E-state index in [1.54, 1.807) is 0 Å². The molecule has 0 saturated carbocycles. The second-order valence-electron chi connectivity index (χ2n) is 17.6. The summed E-state index contributed by atoms with van der Waals surface area (Å²) >= 11 is 0. The molecule has 0 aliphatic carbocycles. The molecular weight excluding hydrogens is 829 g/mol. The van der Waals surface area contributed by atoms with Crippen LogP contribution in [0.25, 0.3) is 76.5 Å². The van der Waals surface area contributed by atoms with Gasteiger partial charge in [-0.05, 0) is 167 Å². The molecule has 2 heterocycles. The fourth-order valence-electron chi connectivity index (χ4n) is 10.7. The van der Waals surface area contributed by atoms with Gasteiger partial charge in [0, 0.05) is 11.4 Å². The summed E-state index contributed by atoms with van der Waals surface area (Å²) in [7, 11) is 0. The molecule has 0 atom stereocenters. The van der Waals surface area contributed by atoms with Gasteiger partial charge in [-0.15, -0.1) is 0 Å². The highest BCUT2D eigenvalue weighted by Gasteiger charge is 2.29. The average Bonchev–Trinajstić information content (AvgIpc) is 3.40. The minimum Gasteiger partial charge on any atom is -0.453 e. The molecule has 0 bridgehead atoms. The Kier molecular flexibility index (Phi) is 8.55. The zero-order chi connectivity index (χ0) is 44.7. The number of hydrogen-bond donors (Lipinski definition) is 0. The number of ether oxygens (including phenoxy) is 2. The largest absolute Gasteiger partial charge is 0.453 e. The molecule has 12 aromatic rings. The van der Waals surface area contributed by atoms with Crippen LogP contribution >= 0.6 is 0 Å². The predicted octanol–water partition coefficient (Wildman–Crippen LogP) is 18.5. The van der Waals surface area contributed by atoms with Gasteiger partial charge in [-0.2, -0.15) is 0 Å². The molecule has 4 nitrogen and oxygen atoms in total. The maximum atomic E-state index is 6.54. The maximum absolute atomic E-state index is 6.54. The Labute approximate surface area is 393 Å². The summed E-state index contributed by atoms with van der Waals surface area (Å²) in [4.78, 5) is 4.70. The predicted molar refractivity (Wildman–Crippen MR) is 282 cm³/mol. The molecule has 0 aromatic heterocycles. The van der Waals surface area contributed by atoms with Gasteiger partial charge in [-0.1, -0.05) is 152 Å². The summed E-state index contributed by atoms with van der Waals surface area (Å²) < 4.78 is 13.1. The van der Waals surface area contributed by atoms with Crippen molar-refractivity contribution in [2.45, 2.75) is 0 Å². The number of benzene rings is 12. The third-order valence-electron chi connectivity index (χ3n) is 13.7. The molecule has 0 fully saturated rings. The Bertz CT molecular complexity index is 3920. The van der Waals surface area contributed by atoms with Crippen LogP contribution in [0.1, 0.15) is 0 Å². The molecule has 2 aliphatic heterocycles. The van der Waals surface area contributed by atoms with Crippen molar-refractivity contribution in [3.05, 3.63) is 243 Å². The van der Waals surface area contributed by atoms with Crippen LogP contribution in [0.15, 0.2) is 243 Å². The van der Waals surface area contributed by atoms with E-state index in [2.05, 4.69) is 228 Å². The summed E-state index contributed by atoms with van der Waals surface area (Å²) in [6.07, 6.45) is 0. The number of rotatable bonds is 5. The molecule has 2 aliphatic rings. The smallest absolute Gasteiger partial charge is 0.151 e. The summed E-state index contributed by atoms with van der Waals surface area (Å²) in [5, 5.41) is 9.42. The van der Waals surface area contributed by atoms with Gasteiger partial charge in [0.05, 0.1) is 22.7 Å². The lowest BCUT2D eigenvalue weighted by Gasteiger charge is -2.33. The van der Waals surface area contributed by atoms with Crippen molar-refractivity contribution < 1.29 is 9.47 Å². The number of fused-ring (bicyclic) bond motifs is 8. The molecule has 4 heteroatoms. The lowest BCUT2D eigenvalue weighted by Crippen LogP contribution is -2.16. The van der Waals surface area contributed by atoms with Crippen molar-refractivity contribution in [1.29, 1.82) is 0 Å². The highest BCUT2D eigenvalue weighted by molar-refractivity contribution is 6.24. The Balaban J connectivity index is 1.14. The first-order valence-electron chi connectivity index (χ1n) is 23.2. The topological polar surface area (TPSA) is 24.9 Å². The van der Waals surface area contributed by atoms with Crippen LogP contribution < -0.4 is 19.3 Å². The zero-order valence-corrected chi connectivity index (χ0v) is 36.8. The lowest BCUT2D eigenvalue weighted by atomic mass is 9.82. The van der Waals surface area contributed by atoms with Crippen LogP contribution in [-0.4, -0.2) is 0 Å². The number of anilines is 6. The van der Waals surface area contributed by atoms with Gasteiger partial charge in [0.25, 0.3) is 0 Å². The van der Waals surface area contributed by atoms with E-state index in [0.717, 1.165) is 84.2 Å². The molecule has 68 heavy (non-hydrogen) atoms. The third-order valence-corrected chi connectivity index (χ3v) is 13.7. The highest BCUT2D eigenvalue weighted by Crippen LogP contribution is 2.55. The van der Waals surface area contributed by atoms with Gasteiger partial charge >= 0.3 is 0 Å². The fourth-order valence-corrected chi connectivity index (χ4v) is 10.7. The molecule has 0 radical (unpaired) electrons. The summed E-state index contributed by atoms with van der Waals surface area (Å²) in [5.74, 6) is 3.29. The Morgan fingerprint density at radius 1 is 0.250 bits per heavy atom. The highest BCUT2D eigenvalue weighted by atomic mass is 16.5. The van der Waals surface area contributed by atoms with E-state index >= 15 is 0 Å². The second kappa shape index (κ2) is 15.2. The van der Waals surface area contributed by atoms with E-state index in [9.17, 15) is 0 Å². The van der Waals surface area contributed by atoms with Gasteiger partial charge in [0.15, 0.2) is 23.0 Å². The first-order valence-corrected chi connectivity index (χ1v) is 23.2. The van der Waals surface area contributed by atoms with Gasteiger partial charge < -0.3 is 19.3 Å². The van der Waals surface area contributed by atoms with Crippen molar-refractivity contribution >= 4 is 77.2 Å². The molecule has 0 spiro atoms. The molecule has 14 rings (SSSR count). The van der Waals surface area contributed by atoms with Crippen LogP contribution in [0, 0.1) is 0 Å². The maximum Gasteiger partial charge on any atom is 0.151 e. The fraction of sp³-hybridized carbons (Fsp3) is 0. The van der Waals surface area contributed by atoms with E-state index in [1.165, 1.54) is 49.4 Å². The van der Waals surface area contributed by atoms with Crippen LogP contribution in [0.3, 0.4) is 0 Å². The summed E-state index contributed by atoms with van der Waals surface area (Å²) in [5.41, 5.74) is 13.1. The molecule has 0 N–H and O–H groups in total. The van der Waals surface area contributed by atoms with E-state index in [4.69, 9.17) is 9.47 Å². The third kappa shape index (κ3) is 6.01. The first kappa shape index (κ1) is 38.2. The number of hydrogen-bond acceptors (Lipinski definition) is 4. The van der Waals surface area contributed by atoms with E-state index in [0.29, 0.717) is 0 Å². The molecule has 0 unspecified atom stereocenters. The van der Waals surface area contributed by atoms with Crippen molar-refractivity contribution in [3.8, 4) is 56.4 Å². The lowest BCUT2D eigenvalue weighted by molar-refractivity contribution is 0.477. The number of para-hydroxylation sites is 8. The Morgan fingerprint density at radius 2 is 0.662 bits per heavy atom. The van der Waals surface area contributed by atoms with Crippen LogP contribution in [0.5, 0.6) is 23.0 Å². The van der Waals surface area contributed by atoms with E-state index in [1.807, 2.05) is 24.3 Å². The van der Waals surface area contributed by atoms with Gasteiger partial charge in [-0.3, -0.25) is 0 Å². The van der Waals surface area contributed by atoms with Gasteiger partial charge in [0.1, 0.15) is 0 Å². The molecule has 318 valence electrons. The van der Waals surface area contributed by atoms with E-state index in [-0.39, 0.29) is 0 Å². The van der Waals surface area contributed by atoms with Crippen LogP contribution in [0.4, 0.5) is 34.1 Å². The standard InChI is InChI=1S/C64H40N2O2/c1-2-17-42(18-3-1)51-37-44-20-6-7-21-45(44)38-52(51)64-50-35-33-47(65-55-22-8-12-26-59(55)67-60-27-13-9-23-56(60)65)39-53(50)63(46-31-30-41-16-4-5-19-43(41)36-46)49-34-32-48(40-54(49)64)66-57-24-10-14-28-61(57)68-62-29-15-11-25-58(62)66/h1-40H. The Morgan fingerprint density at radius 3 is 1.19 bits per heavy atom. The first-order chi connectivity index (χ1) is 33.7. The van der Waals surface area contributed by atoms with Crippen molar-refractivity contribution in [2.75, 3.05) is 9.80 Å². The van der Waals surface area contributed by atoms with Crippen LogP contribution in [0.2, 0.25) is 0 Å². The Hall–Kier alpha value is -9.12. The van der Waals surface area contributed by atoms with Crippen molar-refractivity contribution in [1.82, 2.24) is 0 Å². The second-order valence-corrected chi connectivity index (χ2v) is 17.6. The minimum absolute atomic E-state index is 0.821. The monoisotopic (exact) mass is 868 g/mol. The molecule has 0 saturated heterocycles. The van der Waals surface area contributed by atoms with Crippen molar-refractivity contribution in [2.24, 2.45) is 0 Å². The molecular formula is C64H40N2O2. The van der Waals surface area contributed by atoms with Crippen LogP contribution in [-0.2, 0) is 0 Å². The normalized spacial score (nSPS) is 12.6. The zero-order valence-electron chi connectivity index (χ0n) is 36.8. The molecule has 12 aromatic carbocycles. The summed E-state index contributed by atoms with van der Waals surface area (Å²) in [6, 6.07) is 87.4. The minimum atomic E-state index is 0.821. The van der Waals surface area contributed by atoms with Gasteiger partial charge in [-0.25, -0.2) is 0 Å². The van der Waals surface area contributed by atoms with E-state index < -0.39 is 0 Å². The van der Waals surface area contributed by atoms with Gasteiger partial charge in [0.2, 0.25) is 0 Å². The summed E-state index contributed by atoms with van der Waals surface area (Å²) in [6.45, 7) is 0. The quantitative estimate of drug-likeness (QED) is 0.161. The van der Waals surface area contributed by atoms with Crippen molar-refractivity contribution in [3.63, 3.8) is 0 Å². The number of nitrogens with zero attached hydrogens (tertiary/aromatic N) is 2. The molecule has 0 amide bonds.